The van der Waals surface area contributed by atoms with E-state index in [1.165, 1.54) is 12.1 Å². The molecule has 0 saturated heterocycles. The van der Waals surface area contributed by atoms with E-state index in [0.29, 0.717) is 12.8 Å². The number of carbonyl (C=O) groups excluding carboxylic acids is 2. The Morgan fingerprint density at radius 1 is 1.12 bits per heavy atom. The third-order valence-corrected chi connectivity index (χ3v) is 5.09. The highest BCUT2D eigenvalue weighted by Crippen LogP contribution is 2.26. The number of amides is 2. The van der Waals surface area contributed by atoms with E-state index in [1.807, 2.05) is 16.9 Å². The predicted molar refractivity (Wildman–Crippen MR) is 90.6 cm³/mol. The summed E-state index contributed by atoms with van der Waals surface area (Å²) in [6, 6.07) is 13.0. The molecular weight excluding hydrogens is 344 g/mol. The molecule has 1 heterocycles. The summed E-state index contributed by atoms with van der Waals surface area (Å²) < 4.78 is 30.8. The summed E-state index contributed by atoms with van der Waals surface area (Å²) in [5, 5.41) is 2.75. The second-order valence-corrected chi connectivity index (χ2v) is 7.16. The maximum absolute atomic E-state index is 12.0. The van der Waals surface area contributed by atoms with Gasteiger partial charge in [-0.25, -0.2) is 17.9 Å². The molecule has 0 spiro atoms. The molecule has 0 aliphatic carbocycles. The molecule has 0 fully saturated rings. The van der Waals surface area contributed by atoms with Crippen molar-refractivity contribution in [2.45, 2.75) is 17.7 Å². The first-order chi connectivity index (χ1) is 12.0. The van der Waals surface area contributed by atoms with Crippen molar-refractivity contribution in [2.24, 2.45) is 0 Å². The number of benzene rings is 2. The minimum absolute atomic E-state index is 0.000781. The molecule has 1 aliphatic rings. The van der Waals surface area contributed by atoms with Gasteiger partial charge in [-0.3, -0.25) is 4.79 Å². The fraction of sp³-hybridized carbons (Fsp3) is 0.176. The molecule has 0 radical (unpaired) electrons. The van der Waals surface area contributed by atoms with Crippen molar-refractivity contribution in [1.29, 1.82) is 0 Å². The topological polar surface area (TPSA) is 102 Å². The fourth-order valence-electron chi connectivity index (χ4n) is 2.60. The number of anilines is 1. The van der Waals surface area contributed by atoms with Crippen LogP contribution in [0.2, 0.25) is 0 Å². The molecule has 130 valence electrons. The lowest BCUT2D eigenvalue weighted by Gasteiger charge is -2.09. The van der Waals surface area contributed by atoms with Crippen LogP contribution in [0.15, 0.2) is 53.4 Å². The molecule has 0 unspecified atom stereocenters. The van der Waals surface area contributed by atoms with Gasteiger partial charge in [-0.15, -0.1) is 0 Å². The lowest BCUT2D eigenvalue weighted by molar-refractivity contribution is -0.115. The van der Waals surface area contributed by atoms with Gasteiger partial charge in [0, 0.05) is 12.1 Å². The standard InChI is InChI=1S/C17H16N2O5S/c20-16-11-14-12(5-4-8-15(14)18-16)9-10-24-17(21)19-25(22,23)13-6-2-1-3-7-13/h1-8H,9-11H2,(H,18,20)(H,19,21). The summed E-state index contributed by atoms with van der Waals surface area (Å²) in [4.78, 5) is 23.2. The van der Waals surface area contributed by atoms with Crippen LogP contribution < -0.4 is 10.0 Å². The van der Waals surface area contributed by atoms with Gasteiger partial charge >= 0.3 is 6.09 Å². The van der Waals surface area contributed by atoms with Gasteiger partial charge in [0.25, 0.3) is 10.0 Å². The molecule has 0 bridgehead atoms. The molecule has 8 heteroatoms. The average Bonchev–Trinajstić information content (AvgIpc) is 2.96. The number of nitrogens with one attached hydrogen (secondary N) is 2. The normalized spacial score (nSPS) is 13.0. The fourth-order valence-corrected chi connectivity index (χ4v) is 3.51. The molecule has 0 aromatic heterocycles. The van der Waals surface area contributed by atoms with Crippen molar-refractivity contribution in [3.05, 3.63) is 59.7 Å². The molecule has 0 atom stereocenters. The van der Waals surface area contributed by atoms with E-state index >= 15 is 0 Å². The lowest BCUT2D eigenvalue weighted by atomic mass is 10.0. The molecule has 3 rings (SSSR count). The number of hydrogen-bond acceptors (Lipinski definition) is 5. The monoisotopic (exact) mass is 360 g/mol. The van der Waals surface area contributed by atoms with E-state index in [4.69, 9.17) is 4.74 Å². The van der Waals surface area contributed by atoms with E-state index in [9.17, 15) is 18.0 Å². The SMILES string of the molecule is O=C1Cc2c(CCOC(=O)NS(=O)(=O)c3ccccc3)cccc2N1. The number of hydrogen-bond donors (Lipinski definition) is 2. The Morgan fingerprint density at radius 3 is 2.64 bits per heavy atom. The van der Waals surface area contributed by atoms with E-state index in [0.717, 1.165) is 16.8 Å². The molecular formula is C17H16N2O5S. The van der Waals surface area contributed by atoms with E-state index < -0.39 is 16.1 Å². The second-order valence-electron chi connectivity index (χ2n) is 5.47. The Morgan fingerprint density at radius 2 is 1.88 bits per heavy atom. The second kappa shape index (κ2) is 6.94. The summed E-state index contributed by atoms with van der Waals surface area (Å²) in [7, 11) is -3.95. The van der Waals surface area contributed by atoms with Crippen molar-refractivity contribution in [3.8, 4) is 0 Å². The highest BCUT2D eigenvalue weighted by Gasteiger charge is 2.21. The van der Waals surface area contributed by atoms with Crippen LogP contribution in [0.25, 0.3) is 0 Å². The Bertz CT molecular complexity index is 910. The maximum atomic E-state index is 12.0. The van der Waals surface area contributed by atoms with Crippen LogP contribution in [0.1, 0.15) is 11.1 Å². The van der Waals surface area contributed by atoms with Gasteiger partial charge in [0.2, 0.25) is 5.91 Å². The number of fused-ring (bicyclic) bond motifs is 1. The van der Waals surface area contributed by atoms with Gasteiger partial charge in [-0.05, 0) is 29.3 Å². The Balaban J connectivity index is 1.56. The first kappa shape index (κ1) is 17.0. The molecule has 2 N–H and O–H groups in total. The molecule has 0 saturated carbocycles. The van der Waals surface area contributed by atoms with Gasteiger partial charge in [0.05, 0.1) is 17.9 Å². The number of sulfonamides is 1. The minimum Gasteiger partial charge on any atom is -0.448 e. The largest absolute Gasteiger partial charge is 0.448 e. The van der Waals surface area contributed by atoms with Crippen LogP contribution in [0.3, 0.4) is 0 Å². The quantitative estimate of drug-likeness (QED) is 0.847. The van der Waals surface area contributed by atoms with E-state index in [1.54, 1.807) is 24.3 Å². The highest BCUT2D eigenvalue weighted by molar-refractivity contribution is 7.90. The molecule has 2 aromatic carbocycles. The summed E-state index contributed by atoms with van der Waals surface area (Å²) in [5.41, 5.74) is 2.53. The summed E-state index contributed by atoms with van der Waals surface area (Å²) in [6.07, 6.45) is -0.359. The summed E-state index contributed by atoms with van der Waals surface area (Å²) in [6.45, 7) is 0.000781. The molecule has 7 nitrogen and oxygen atoms in total. The number of ether oxygens (including phenoxy) is 1. The predicted octanol–water partition coefficient (Wildman–Crippen LogP) is 1.84. The van der Waals surface area contributed by atoms with Crippen molar-refractivity contribution in [2.75, 3.05) is 11.9 Å². The molecule has 1 aliphatic heterocycles. The highest BCUT2D eigenvalue weighted by atomic mass is 32.2. The first-order valence-corrected chi connectivity index (χ1v) is 9.09. The van der Waals surface area contributed by atoms with Gasteiger partial charge in [0.1, 0.15) is 0 Å². The Kier molecular flexibility index (Phi) is 4.71. The van der Waals surface area contributed by atoms with Crippen molar-refractivity contribution >= 4 is 27.7 Å². The Labute approximate surface area is 145 Å². The van der Waals surface area contributed by atoms with Crippen LogP contribution in [0.5, 0.6) is 0 Å². The van der Waals surface area contributed by atoms with Crippen molar-refractivity contribution < 1.29 is 22.7 Å². The van der Waals surface area contributed by atoms with Crippen LogP contribution in [-0.4, -0.2) is 27.0 Å². The van der Waals surface area contributed by atoms with Gasteiger partial charge in [-0.1, -0.05) is 30.3 Å². The summed E-state index contributed by atoms with van der Waals surface area (Å²) in [5.74, 6) is -0.0740. The van der Waals surface area contributed by atoms with Crippen molar-refractivity contribution in [3.63, 3.8) is 0 Å². The van der Waals surface area contributed by atoms with Gasteiger partial charge in [0.15, 0.2) is 0 Å². The average molecular weight is 360 g/mol. The minimum atomic E-state index is -3.95. The first-order valence-electron chi connectivity index (χ1n) is 7.61. The van der Waals surface area contributed by atoms with Crippen LogP contribution in [0, 0.1) is 0 Å². The van der Waals surface area contributed by atoms with Gasteiger partial charge < -0.3 is 10.1 Å². The maximum Gasteiger partial charge on any atom is 0.421 e. The number of carbonyl (C=O) groups is 2. The van der Waals surface area contributed by atoms with Crippen molar-refractivity contribution in [1.82, 2.24) is 4.72 Å². The zero-order valence-corrected chi connectivity index (χ0v) is 14.0. The Hall–Kier alpha value is -2.87. The zero-order valence-electron chi connectivity index (χ0n) is 13.2. The summed E-state index contributed by atoms with van der Waals surface area (Å²) >= 11 is 0. The lowest BCUT2D eigenvalue weighted by Crippen LogP contribution is -2.31. The molecule has 2 amide bonds. The molecule has 2 aromatic rings. The molecule has 25 heavy (non-hydrogen) atoms. The third kappa shape index (κ3) is 3.97. The van der Waals surface area contributed by atoms with Crippen LogP contribution in [0.4, 0.5) is 10.5 Å². The van der Waals surface area contributed by atoms with E-state index in [-0.39, 0.29) is 17.4 Å². The van der Waals surface area contributed by atoms with Crippen LogP contribution in [-0.2, 0) is 32.4 Å². The van der Waals surface area contributed by atoms with Gasteiger partial charge in [-0.2, -0.15) is 0 Å². The zero-order chi connectivity index (χ0) is 17.9. The van der Waals surface area contributed by atoms with E-state index in [2.05, 4.69) is 5.32 Å². The number of rotatable bonds is 5. The smallest absolute Gasteiger partial charge is 0.421 e. The third-order valence-electron chi connectivity index (χ3n) is 3.76. The van der Waals surface area contributed by atoms with Crippen LogP contribution >= 0.6 is 0 Å².